The first-order chi connectivity index (χ1) is 18.1. The standard InChI is InChI=1S/C29H24N6O2/c1-19-31-27-25(29(36)34(19)17-16-20-12-14-22(37-2)15-13-20)26-28(33-24-11-7-6-10-23(24)32-26)35(27)30-18-21-8-4-3-5-9-21/h3-15,18H,16-17H2,1-2H3. The molecule has 0 spiro atoms. The third-order valence-electron chi connectivity index (χ3n) is 6.44. The number of hydrogen-bond acceptors (Lipinski definition) is 6. The van der Waals surface area contributed by atoms with Gasteiger partial charge in [0, 0.05) is 6.54 Å². The first-order valence-electron chi connectivity index (χ1n) is 12.0. The molecule has 0 amide bonds. The van der Waals surface area contributed by atoms with Crippen molar-refractivity contribution >= 4 is 39.4 Å². The van der Waals surface area contributed by atoms with E-state index in [1.54, 1.807) is 22.6 Å². The lowest BCUT2D eigenvalue weighted by molar-refractivity contribution is 0.414. The Kier molecular flexibility index (Phi) is 5.69. The number of fused-ring (bicyclic) bond motifs is 4. The van der Waals surface area contributed by atoms with Gasteiger partial charge in [0.2, 0.25) is 0 Å². The normalized spacial score (nSPS) is 11.7. The van der Waals surface area contributed by atoms with Crippen molar-refractivity contribution in [3.05, 3.63) is 106 Å². The molecular formula is C29H24N6O2. The van der Waals surface area contributed by atoms with E-state index in [1.165, 1.54) is 0 Å². The smallest absolute Gasteiger partial charge is 0.265 e. The molecule has 0 aliphatic rings. The predicted molar refractivity (Wildman–Crippen MR) is 145 cm³/mol. The molecule has 0 unspecified atom stereocenters. The molecule has 3 heterocycles. The van der Waals surface area contributed by atoms with Crippen LogP contribution in [-0.4, -0.2) is 37.5 Å². The van der Waals surface area contributed by atoms with Crippen molar-refractivity contribution in [2.24, 2.45) is 5.10 Å². The molecule has 182 valence electrons. The third-order valence-corrected chi connectivity index (χ3v) is 6.44. The van der Waals surface area contributed by atoms with Crippen LogP contribution in [0.2, 0.25) is 0 Å². The van der Waals surface area contributed by atoms with Gasteiger partial charge in [-0.1, -0.05) is 54.6 Å². The van der Waals surface area contributed by atoms with Gasteiger partial charge in [-0.15, -0.1) is 0 Å². The highest BCUT2D eigenvalue weighted by Crippen LogP contribution is 2.25. The minimum absolute atomic E-state index is 0.153. The van der Waals surface area contributed by atoms with Gasteiger partial charge >= 0.3 is 0 Å². The van der Waals surface area contributed by atoms with Gasteiger partial charge in [0.05, 0.1) is 24.4 Å². The Morgan fingerprint density at radius 1 is 0.865 bits per heavy atom. The average molecular weight is 489 g/mol. The number of aryl methyl sites for hydroxylation is 2. The Labute approximate surface area is 212 Å². The summed E-state index contributed by atoms with van der Waals surface area (Å²) in [5.74, 6) is 1.41. The molecule has 0 saturated heterocycles. The highest BCUT2D eigenvalue weighted by Gasteiger charge is 2.21. The fraction of sp³-hybridized carbons (Fsp3) is 0.138. The molecule has 0 N–H and O–H groups in total. The van der Waals surface area contributed by atoms with Crippen molar-refractivity contribution in [3.8, 4) is 5.75 Å². The summed E-state index contributed by atoms with van der Waals surface area (Å²) in [6.07, 6.45) is 2.42. The SMILES string of the molecule is COc1ccc(CCn2c(C)nc3c(c2=O)c2nc4ccccc4nc2n3N=Cc2ccccc2)cc1. The van der Waals surface area contributed by atoms with Gasteiger partial charge in [-0.05, 0) is 48.7 Å². The highest BCUT2D eigenvalue weighted by atomic mass is 16.5. The fourth-order valence-corrected chi connectivity index (χ4v) is 4.48. The Hall–Kier alpha value is -4.85. The Morgan fingerprint density at radius 2 is 1.57 bits per heavy atom. The van der Waals surface area contributed by atoms with Crippen molar-refractivity contribution < 1.29 is 4.74 Å². The number of rotatable bonds is 6. The van der Waals surface area contributed by atoms with Crippen molar-refractivity contribution in [3.63, 3.8) is 0 Å². The summed E-state index contributed by atoms with van der Waals surface area (Å²) in [6.45, 7) is 2.33. The minimum Gasteiger partial charge on any atom is -0.497 e. The second-order valence-corrected chi connectivity index (χ2v) is 8.76. The second-order valence-electron chi connectivity index (χ2n) is 8.76. The van der Waals surface area contributed by atoms with E-state index in [1.807, 2.05) is 85.8 Å². The quantitative estimate of drug-likeness (QED) is 0.316. The van der Waals surface area contributed by atoms with Gasteiger partial charge in [-0.3, -0.25) is 9.36 Å². The largest absolute Gasteiger partial charge is 0.497 e. The average Bonchev–Trinajstić information content (AvgIpc) is 3.23. The summed E-state index contributed by atoms with van der Waals surface area (Å²) in [6, 6.07) is 25.2. The molecule has 0 saturated carbocycles. The van der Waals surface area contributed by atoms with Gasteiger partial charge in [0.15, 0.2) is 11.3 Å². The van der Waals surface area contributed by atoms with Crippen LogP contribution in [0.5, 0.6) is 5.75 Å². The van der Waals surface area contributed by atoms with Crippen molar-refractivity contribution in [1.29, 1.82) is 0 Å². The van der Waals surface area contributed by atoms with Gasteiger partial charge in [0.25, 0.3) is 5.56 Å². The van der Waals surface area contributed by atoms with Crippen LogP contribution in [0.15, 0.2) is 88.8 Å². The van der Waals surface area contributed by atoms with E-state index in [2.05, 4.69) is 5.10 Å². The fourth-order valence-electron chi connectivity index (χ4n) is 4.48. The molecule has 0 bridgehead atoms. The Balaban J connectivity index is 1.52. The molecule has 0 fully saturated rings. The molecule has 0 radical (unpaired) electrons. The maximum absolute atomic E-state index is 13.9. The monoisotopic (exact) mass is 488 g/mol. The zero-order valence-electron chi connectivity index (χ0n) is 20.5. The summed E-state index contributed by atoms with van der Waals surface area (Å²) < 4.78 is 8.58. The molecule has 3 aromatic heterocycles. The van der Waals surface area contributed by atoms with Crippen LogP contribution in [0.25, 0.3) is 33.2 Å². The van der Waals surface area contributed by atoms with E-state index in [0.717, 1.165) is 22.4 Å². The molecule has 6 aromatic rings. The van der Waals surface area contributed by atoms with E-state index in [9.17, 15) is 4.79 Å². The van der Waals surface area contributed by atoms with Crippen molar-refractivity contribution in [2.45, 2.75) is 19.9 Å². The van der Waals surface area contributed by atoms with Crippen molar-refractivity contribution in [1.82, 2.24) is 24.2 Å². The van der Waals surface area contributed by atoms with E-state index in [4.69, 9.17) is 19.7 Å². The second kappa shape index (κ2) is 9.31. The number of para-hydroxylation sites is 2. The number of benzene rings is 3. The van der Waals surface area contributed by atoms with Gasteiger partial charge < -0.3 is 4.74 Å². The topological polar surface area (TPSA) is 87.2 Å². The maximum Gasteiger partial charge on any atom is 0.265 e. The van der Waals surface area contributed by atoms with Crippen LogP contribution in [0, 0.1) is 6.92 Å². The lowest BCUT2D eigenvalue weighted by Crippen LogP contribution is -2.25. The third kappa shape index (κ3) is 4.12. The minimum atomic E-state index is -0.153. The van der Waals surface area contributed by atoms with Gasteiger partial charge in [-0.2, -0.15) is 9.78 Å². The molecular weight excluding hydrogens is 464 g/mol. The van der Waals surface area contributed by atoms with Crippen LogP contribution >= 0.6 is 0 Å². The number of nitrogens with zero attached hydrogens (tertiary/aromatic N) is 6. The first kappa shape index (κ1) is 22.6. The summed E-state index contributed by atoms with van der Waals surface area (Å²) in [4.78, 5) is 28.4. The molecule has 37 heavy (non-hydrogen) atoms. The molecule has 0 aliphatic heterocycles. The van der Waals surface area contributed by atoms with Crippen LogP contribution in [0.1, 0.15) is 17.0 Å². The Bertz CT molecular complexity index is 1840. The van der Waals surface area contributed by atoms with Crippen LogP contribution in [0.3, 0.4) is 0 Å². The summed E-state index contributed by atoms with van der Waals surface area (Å²) in [5.41, 5.74) is 4.76. The maximum atomic E-state index is 13.9. The molecule has 3 aromatic carbocycles. The van der Waals surface area contributed by atoms with Crippen LogP contribution in [0.4, 0.5) is 0 Å². The predicted octanol–water partition coefficient (Wildman–Crippen LogP) is 4.74. The zero-order chi connectivity index (χ0) is 25.4. The number of hydrogen-bond donors (Lipinski definition) is 0. The highest BCUT2D eigenvalue weighted by molar-refractivity contribution is 6.05. The summed E-state index contributed by atoms with van der Waals surface area (Å²) >= 11 is 0. The van der Waals surface area contributed by atoms with E-state index < -0.39 is 0 Å². The van der Waals surface area contributed by atoms with Crippen molar-refractivity contribution in [2.75, 3.05) is 7.11 Å². The summed E-state index contributed by atoms with van der Waals surface area (Å²) in [7, 11) is 1.64. The van der Waals surface area contributed by atoms with Crippen LogP contribution in [-0.2, 0) is 13.0 Å². The lowest BCUT2D eigenvalue weighted by atomic mass is 10.1. The van der Waals surface area contributed by atoms with E-state index in [0.29, 0.717) is 46.5 Å². The molecule has 6 rings (SSSR count). The number of aromatic nitrogens is 5. The molecule has 8 heteroatoms. The number of ether oxygens (including phenoxy) is 1. The number of methoxy groups -OCH3 is 1. The van der Waals surface area contributed by atoms with Gasteiger partial charge in [0.1, 0.15) is 22.5 Å². The van der Waals surface area contributed by atoms with Gasteiger partial charge in [-0.25, -0.2) is 15.0 Å². The zero-order valence-corrected chi connectivity index (χ0v) is 20.5. The first-order valence-corrected chi connectivity index (χ1v) is 12.0. The molecule has 0 aliphatic carbocycles. The Morgan fingerprint density at radius 3 is 2.30 bits per heavy atom. The van der Waals surface area contributed by atoms with Crippen LogP contribution < -0.4 is 10.3 Å². The molecule has 8 nitrogen and oxygen atoms in total. The summed E-state index contributed by atoms with van der Waals surface area (Å²) in [5, 5.41) is 5.10. The van der Waals surface area contributed by atoms with E-state index in [-0.39, 0.29) is 5.56 Å². The van der Waals surface area contributed by atoms with E-state index >= 15 is 0 Å². The lowest BCUT2D eigenvalue weighted by Gasteiger charge is -2.10. The molecule has 0 atom stereocenters.